The number of hydrogen-bond acceptors (Lipinski definition) is 4. The van der Waals surface area contributed by atoms with Crippen molar-refractivity contribution in [3.63, 3.8) is 0 Å². The van der Waals surface area contributed by atoms with E-state index in [-0.39, 0.29) is 24.0 Å². The zero-order chi connectivity index (χ0) is 20.4. The van der Waals surface area contributed by atoms with Gasteiger partial charge in [-0.05, 0) is 44.7 Å². The van der Waals surface area contributed by atoms with Crippen LogP contribution in [0.1, 0.15) is 20.8 Å². The molecule has 1 atom stereocenters. The highest BCUT2D eigenvalue weighted by Crippen LogP contribution is 2.15. The lowest BCUT2D eigenvalue weighted by molar-refractivity contribution is 0.109. The van der Waals surface area contributed by atoms with Gasteiger partial charge in [0.25, 0.3) is 0 Å². The lowest BCUT2D eigenvalue weighted by Gasteiger charge is -2.37. The van der Waals surface area contributed by atoms with E-state index < -0.39 is 0 Å². The van der Waals surface area contributed by atoms with Crippen molar-refractivity contribution in [2.24, 2.45) is 4.99 Å². The van der Waals surface area contributed by atoms with E-state index in [9.17, 15) is 0 Å². The van der Waals surface area contributed by atoms with Gasteiger partial charge in [-0.25, -0.2) is 0 Å². The normalized spacial score (nSPS) is 16.8. The summed E-state index contributed by atoms with van der Waals surface area (Å²) in [5.41, 5.74) is 0. The number of nitrogens with one attached hydrogen (secondary N) is 1. The largest absolute Gasteiger partial charge is 0.492 e. The molecule has 1 N–H and O–H groups in total. The summed E-state index contributed by atoms with van der Waals surface area (Å²) in [6, 6.07) is 7.91. The first-order chi connectivity index (χ1) is 13.5. The third-order valence-corrected chi connectivity index (χ3v) is 5.44. The summed E-state index contributed by atoms with van der Waals surface area (Å²) in [4.78, 5) is 12.0. The fourth-order valence-corrected chi connectivity index (χ4v) is 3.39. The summed E-state index contributed by atoms with van der Waals surface area (Å²) in [5, 5.41) is 4.11. The minimum Gasteiger partial charge on any atom is -0.492 e. The molecule has 1 aromatic carbocycles. The average Bonchev–Trinajstić information content (AvgIpc) is 2.72. The Morgan fingerprint density at radius 1 is 1.21 bits per heavy atom. The molecule has 0 spiro atoms. The van der Waals surface area contributed by atoms with E-state index in [2.05, 4.69) is 47.8 Å². The Hall–Kier alpha value is -0.770. The molecular formula is C21H37ClIN5O. The SMILES string of the molecule is CCNC(=NCC(C)N1CCN(CC)CC1)N(C)CCOc1ccc(Cl)cc1.I. The Balaban J connectivity index is 0.00000420. The van der Waals surface area contributed by atoms with Gasteiger partial charge in [0.2, 0.25) is 0 Å². The van der Waals surface area contributed by atoms with Crippen molar-refractivity contribution in [2.75, 3.05) is 66.0 Å². The first kappa shape index (κ1) is 26.3. The number of piperazine rings is 1. The average molecular weight is 538 g/mol. The van der Waals surface area contributed by atoms with Gasteiger partial charge in [0.1, 0.15) is 12.4 Å². The molecule has 1 saturated heterocycles. The summed E-state index contributed by atoms with van der Waals surface area (Å²) in [6.07, 6.45) is 0. The predicted molar refractivity (Wildman–Crippen MR) is 134 cm³/mol. The van der Waals surface area contributed by atoms with E-state index >= 15 is 0 Å². The van der Waals surface area contributed by atoms with Crippen LogP contribution < -0.4 is 10.1 Å². The summed E-state index contributed by atoms with van der Waals surface area (Å²) in [7, 11) is 2.05. The van der Waals surface area contributed by atoms with Crippen molar-refractivity contribution in [2.45, 2.75) is 26.8 Å². The maximum absolute atomic E-state index is 5.91. The predicted octanol–water partition coefficient (Wildman–Crippen LogP) is 3.26. The van der Waals surface area contributed by atoms with Crippen LogP contribution in [-0.4, -0.2) is 92.7 Å². The molecule has 0 aromatic heterocycles. The van der Waals surface area contributed by atoms with Crippen molar-refractivity contribution in [1.29, 1.82) is 0 Å². The Morgan fingerprint density at radius 2 is 1.86 bits per heavy atom. The van der Waals surface area contributed by atoms with Crippen LogP contribution in [0.2, 0.25) is 5.02 Å². The summed E-state index contributed by atoms with van der Waals surface area (Å²) >= 11 is 5.91. The highest BCUT2D eigenvalue weighted by atomic mass is 127. The van der Waals surface area contributed by atoms with Crippen molar-refractivity contribution in [1.82, 2.24) is 20.0 Å². The fraction of sp³-hybridized carbons (Fsp3) is 0.667. The molecule has 2 rings (SSSR count). The van der Waals surface area contributed by atoms with E-state index in [1.54, 1.807) is 0 Å². The summed E-state index contributed by atoms with van der Waals surface area (Å²) in [5.74, 6) is 1.76. The molecule has 0 radical (unpaired) electrons. The van der Waals surface area contributed by atoms with E-state index in [4.69, 9.17) is 21.3 Å². The van der Waals surface area contributed by atoms with Gasteiger partial charge in [-0.2, -0.15) is 0 Å². The van der Waals surface area contributed by atoms with Crippen molar-refractivity contribution < 1.29 is 4.74 Å². The van der Waals surface area contributed by atoms with Gasteiger partial charge in [0.15, 0.2) is 5.96 Å². The zero-order valence-electron chi connectivity index (χ0n) is 18.2. The van der Waals surface area contributed by atoms with E-state index in [0.717, 1.165) is 69.1 Å². The first-order valence-corrected chi connectivity index (χ1v) is 10.8. The quantitative estimate of drug-likeness (QED) is 0.298. The topological polar surface area (TPSA) is 43.3 Å². The standard InChI is InChI=1S/C21H36ClN5O.HI/c1-5-23-21(24-17-18(3)27-13-11-26(6-2)12-14-27)25(4)15-16-28-20-9-7-19(22)8-10-20;/h7-10,18H,5-6,11-17H2,1-4H3,(H,23,24);1H. The maximum atomic E-state index is 5.91. The van der Waals surface area contributed by atoms with Gasteiger partial charge in [-0.1, -0.05) is 18.5 Å². The van der Waals surface area contributed by atoms with Gasteiger partial charge >= 0.3 is 0 Å². The maximum Gasteiger partial charge on any atom is 0.193 e. The molecule has 1 fully saturated rings. The van der Waals surface area contributed by atoms with Crippen LogP contribution in [0.3, 0.4) is 0 Å². The number of rotatable bonds is 9. The molecular weight excluding hydrogens is 501 g/mol. The van der Waals surface area contributed by atoms with Crippen LogP contribution in [0.25, 0.3) is 0 Å². The number of ether oxygens (including phenoxy) is 1. The lowest BCUT2D eigenvalue weighted by atomic mass is 10.2. The number of benzene rings is 1. The van der Waals surface area contributed by atoms with Gasteiger partial charge in [0, 0.05) is 50.8 Å². The molecule has 0 amide bonds. The molecule has 6 nitrogen and oxygen atoms in total. The Kier molecular flexibility index (Phi) is 12.9. The van der Waals surface area contributed by atoms with Crippen LogP contribution in [0.15, 0.2) is 29.3 Å². The third-order valence-electron chi connectivity index (χ3n) is 5.19. The smallest absolute Gasteiger partial charge is 0.193 e. The van der Waals surface area contributed by atoms with E-state index in [0.29, 0.717) is 12.6 Å². The second kappa shape index (κ2) is 14.3. The zero-order valence-corrected chi connectivity index (χ0v) is 21.3. The van der Waals surface area contributed by atoms with Crippen molar-refractivity contribution >= 4 is 41.5 Å². The van der Waals surface area contributed by atoms with Gasteiger partial charge in [0.05, 0.1) is 13.1 Å². The number of halogens is 2. The van der Waals surface area contributed by atoms with Gasteiger partial charge in [-0.15, -0.1) is 24.0 Å². The molecule has 0 bridgehead atoms. The molecule has 0 aliphatic carbocycles. The second-order valence-corrected chi connectivity index (χ2v) is 7.67. The number of nitrogens with zero attached hydrogens (tertiary/aromatic N) is 4. The highest BCUT2D eigenvalue weighted by molar-refractivity contribution is 14.0. The third kappa shape index (κ3) is 9.27. The monoisotopic (exact) mass is 537 g/mol. The number of guanidine groups is 1. The Bertz CT molecular complexity index is 593. The molecule has 1 unspecified atom stereocenters. The van der Waals surface area contributed by atoms with Crippen LogP contribution in [0, 0.1) is 0 Å². The van der Waals surface area contributed by atoms with Gasteiger partial charge in [-0.3, -0.25) is 9.89 Å². The second-order valence-electron chi connectivity index (χ2n) is 7.24. The van der Waals surface area contributed by atoms with Gasteiger partial charge < -0.3 is 19.9 Å². The van der Waals surface area contributed by atoms with Crippen molar-refractivity contribution in [3.8, 4) is 5.75 Å². The van der Waals surface area contributed by atoms with E-state index in [1.807, 2.05) is 24.3 Å². The molecule has 8 heteroatoms. The lowest BCUT2D eigenvalue weighted by Crippen LogP contribution is -2.50. The van der Waals surface area contributed by atoms with Crippen molar-refractivity contribution in [3.05, 3.63) is 29.3 Å². The molecule has 1 aromatic rings. The molecule has 1 aliphatic heterocycles. The molecule has 1 aliphatic rings. The first-order valence-electron chi connectivity index (χ1n) is 10.4. The summed E-state index contributed by atoms with van der Waals surface area (Å²) in [6.45, 7) is 15.3. The highest BCUT2D eigenvalue weighted by Gasteiger charge is 2.20. The van der Waals surface area contributed by atoms with Crippen LogP contribution >= 0.6 is 35.6 Å². The fourth-order valence-electron chi connectivity index (χ4n) is 3.26. The summed E-state index contributed by atoms with van der Waals surface area (Å²) < 4.78 is 5.81. The Labute approximate surface area is 198 Å². The van der Waals surface area contributed by atoms with Crippen LogP contribution in [0.4, 0.5) is 0 Å². The minimum atomic E-state index is 0. The van der Waals surface area contributed by atoms with E-state index in [1.165, 1.54) is 0 Å². The molecule has 166 valence electrons. The number of hydrogen-bond donors (Lipinski definition) is 1. The Morgan fingerprint density at radius 3 is 2.45 bits per heavy atom. The minimum absolute atomic E-state index is 0. The molecule has 0 saturated carbocycles. The van der Waals surface area contributed by atoms with Crippen LogP contribution in [0.5, 0.6) is 5.75 Å². The molecule has 1 heterocycles. The molecule has 29 heavy (non-hydrogen) atoms. The van der Waals surface area contributed by atoms with Crippen LogP contribution in [-0.2, 0) is 0 Å². The number of likely N-dealkylation sites (N-methyl/N-ethyl adjacent to an activating group) is 2. The number of aliphatic imine (C=N–C) groups is 1.